The van der Waals surface area contributed by atoms with Crippen LogP contribution in [0, 0.1) is 23.7 Å². The fraction of sp³-hybridized carbons (Fsp3) is 0.867. The summed E-state index contributed by atoms with van der Waals surface area (Å²) in [5.74, 6) is 0.753. The largest absolute Gasteiger partial charge is 0.299 e. The highest BCUT2D eigenvalue weighted by atomic mass is 16.1. The maximum Gasteiger partial charge on any atom is 0.141 e. The third-order valence-corrected chi connectivity index (χ3v) is 5.55. The van der Waals surface area contributed by atoms with Crippen molar-refractivity contribution in [1.82, 2.24) is 4.90 Å². The lowest BCUT2D eigenvalue weighted by Crippen LogP contribution is -2.67. The van der Waals surface area contributed by atoms with Crippen LogP contribution in [0.15, 0.2) is 0 Å². The van der Waals surface area contributed by atoms with Gasteiger partial charge in [-0.25, -0.2) is 0 Å². The zero-order valence-corrected chi connectivity index (χ0v) is 12.3. The molecular weight excluding hydrogens is 226 g/mol. The molecule has 1 unspecified atom stereocenters. The van der Waals surface area contributed by atoms with Gasteiger partial charge in [0.25, 0.3) is 0 Å². The number of Topliss-reactive ketones (excluding diaryl/α,β-unsaturated/α-hetero) is 2. The summed E-state index contributed by atoms with van der Waals surface area (Å²) in [5.41, 5.74) is 0. The third-order valence-electron chi connectivity index (χ3n) is 5.55. The first kappa shape index (κ1) is 13.7. The predicted octanol–water partition coefficient (Wildman–Crippen LogP) is 2.14. The zero-order valence-electron chi connectivity index (χ0n) is 12.3. The Kier molecular flexibility index (Phi) is 3.39. The molecule has 0 aromatic heterocycles. The lowest BCUT2D eigenvalue weighted by Gasteiger charge is -2.55. The van der Waals surface area contributed by atoms with Crippen molar-refractivity contribution in [2.24, 2.45) is 23.7 Å². The second-order valence-corrected chi connectivity index (χ2v) is 6.38. The Balaban J connectivity index is 2.42. The molecule has 0 saturated carbocycles. The lowest BCUT2D eigenvalue weighted by molar-refractivity contribution is -0.155. The van der Waals surface area contributed by atoms with Crippen LogP contribution in [-0.4, -0.2) is 34.6 Å². The van der Waals surface area contributed by atoms with Gasteiger partial charge in [-0.2, -0.15) is 0 Å². The topological polar surface area (TPSA) is 37.4 Å². The van der Waals surface area contributed by atoms with E-state index in [-0.39, 0.29) is 41.8 Å². The minimum Gasteiger partial charge on any atom is -0.299 e. The van der Waals surface area contributed by atoms with E-state index >= 15 is 0 Å². The fourth-order valence-electron chi connectivity index (χ4n) is 4.02. The number of piperidine rings is 2. The van der Waals surface area contributed by atoms with Gasteiger partial charge in [0.1, 0.15) is 11.6 Å². The minimum atomic E-state index is -0.0231. The Bertz CT molecular complexity index is 345. The van der Waals surface area contributed by atoms with Crippen LogP contribution in [0.2, 0.25) is 0 Å². The van der Waals surface area contributed by atoms with E-state index < -0.39 is 0 Å². The van der Waals surface area contributed by atoms with Gasteiger partial charge in [0.05, 0.1) is 0 Å². The molecule has 2 aliphatic rings. The minimum absolute atomic E-state index is 0.0231. The highest BCUT2D eigenvalue weighted by Gasteiger charge is 2.52. The van der Waals surface area contributed by atoms with Crippen molar-refractivity contribution in [2.75, 3.05) is 0 Å². The van der Waals surface area contributed by atoms with Crippen LogP contribution in [-0.2, 0) is 9.59 Å². The van der Waals surface area contributed by atoms with Crippen LogP contribution in [0.4, 0.5) is 0 Å². The van der Waals surface area contributed by atoms with Gasteiger partial charge in [-0.3, -0.25) is 14.5 Å². The summed E-state index contributed by atoms with van der Waals surface area (Å²) in [7, 11) is 0. The molecule has 0 bridgehead atoms. The summed E-state index contributed by atoms with van der Waals surface area (Å²) in [4.78, 5) is 27.0. The van der Waals surface area contributed by atoms with Crippen molar-refractivity contribution < 1.29 is 9.59 Å². The van der Waals surface area contributed by atoms with Crippen LogP contribution in [0.3, 0.4) is 0 Å². The van der Waals surface area contributed by atoms with Crippen molar-refractivity contribution in [3.05, 3.63) is 0 Å². The van der Waals surface area contributed by atoms with Gasteiger partial charge in [0, 0.05) is 41.8 Å². The molecule has 102 valence electrons. The maximum absolute atomic E-state index is 12.3. The summed E-state index contributed by atoms with van der Waals surface area (Å²) in [6.45, 7) is 12.3. The molecule has 2 fully saturated rings. The number of carbonyl (C=O) groups excluding carboxylic acids is 2. The molecule has 2 rings (SSSR count). The number of ketones is 2. The molecule has 0 aromatic rings. The quantitative estimate of drug-likeness (QED) is 0.662. The number of hydrogen-bond donors (Lipinski definition) is 0. The molecule has 0 aliphatic carbocycles. The Morgan fingerprint density at radius 2 is 1.00 bits per heavy atom. The van der Waals surface area contributed by atoms with Crippen LogP contribution in [0.25, 0.3) is 0 Å². The summed E-state index contributed by atoms with van der Waals surface area (Å²) >= 11 is 0. The lowest BCUT2D eigenvalue weighted by atomic mass is 9.68. The van der Waals surface area contributed by atoms with E-state index in [9.17, 15) is 9.59 Å². The van der Waals surface area contributed by atoms with E-state index in [2.05, 4.69) is 18.7 Å². The van der Waals surface area contributed by atoms with E-state index in [1.54, 1.807) is 0 Å². The first-order chi connectivity index (χ1) is 8.29. The average Bonchev–Trinajstić information content (AvgIpc) is 2.35. The van der Waals surface area contributed by atoms with Crippen LogP contribution < -0.4 is 0 Å². The van der Waals surface area contributed by atoms with Gasteiger partial charge in [0.15, 0.2) is 0 Å². The van der Waals surface area contributed by atoms with Gasteiger partial charge < -0.3 is 0 Å². The average molecular weight is 251 g/mol. The summed E-state index contributed by atoms with van der Waals surface area (Å²) in [6.07, 6.45) is 0. The molecule has 0 N–H and O–H groups in total. The van der Waals surface area contributed by atoms with Crippen molar-refractivity contribution in [1.29, 1.82) is 0 Å². The molecule has 2 aliphatic heterocycles. The predicted molar refractivity (Wildman–Crippen MR) is 71.2 cm³/mol. The van der Waals surface area contributed by atoms with Crippen LogP contribution >= 0.6 is 0 Å². The Morgan fingerprint density at radius 3 is 1.33 bits per heavy atom. The smallest absolute Gasteiger partial charge is 0.141 e. The van der Waals surface area contributed by atoms with Gasteiger partial charge in [-0.15, -0.1) is 0 Å². The monoisotopic (exact) mass is 251 g/mol. The highest BCUT2D eigenvalue weighted by molar-refractivity contribution is 5.89. The molecule has 3 nitrogen and oxygen atoms in total. The Hall–Kier alpha value is -0.700. The molecule has 2 saturated heterocycles. The van der Waals surface area contributed by atoms with Crippen molar-refractivity contribution in [3.8, 4) is 0 Å². The number of carbonyl (C=O) groups is 2. The second-order valence-electron chi connectivity index (χ2n) is 6.38. The van der Waals surface area contributed by atoms with E-state index in [1.807, 2.05) is 27.7 Å². The van der Waals surface area contributed by atoms with E-state index in [1.165, 1.54) is 0 Å². The second kappa shape index (κ2) is 4.44. The number of hydrogen-bond acceptors (Lipinski definition) is 3. The number of rotatable bonds is 0. The van der Waals surface area contributed by atoms with Gasteiger partial charge in [0.2, 0.25) is 0 Å². The molecule has 0 radical (unpaired) electrons. The first-order valence-corrected chi connectivity index (χ1v) is 7.13. The van der Waals surface area contributed by atoms with E-state index in [4.69, 9.17) is 0 Å². The van der Waals surface area contributed by atoms with Crippen LogP contribution in [0.5, 0.6) is 0 Å². The molecule has 7 atom stereocenters. The summed E-state index contributed by atoms with van der Waals surface area (Å²) in [6, 6.07) is 0.584. The molecule has 3 heteroatoms. The van der Waals surface area contributed by atoms with Gasteiger partial charge >= 0.3 is 0 Å². The number of fused-ring (bicyclic) bond motifs is 1. The molecule has 0 aromatic carbocycles. The Morgan fingerprint density at radius 1 is 0.667 bits per heavy atom. The standard InChI is InChI=1S/C15H25NO2/c1-7-11(5)16-12(6)8(2)15(18)10(4)13(16)9(3)14(7)17/h7-13H,1-6H3/t7-,8+,9+,10-,11+,12-,13?. The SMILES string of the molecule is C[C@@H]1C(=O)[C@H](C)[C@H](C)N2C1[C@@H](C)C(=O)[C@@H](C)[C@H]2C. The molecular formula is C15H25NO2. The summed E-state index contributed by atoms with van der Waals surface area (Å²) < 4.78 is 0. The number of nitrogens with zero attached hydrogens (tertiary/aromatic N) is 1. The van der Waals surface area contributed by atoms with Gasteiger partial charge in [-0.1, -0.05) is 27.7 Å². The molecule has 0 spiro atoms. The highest BCUT2D eigenvalue weighted by Crippen LogP contribution is 2.40. The van der Waals surface area contributed by atoms with E-state index in [0.717, 1.165) is 0 Å². The third kappa shape index (κ3) is 1.67. The molecule has 18 heavy (non-hydrogen) atoms. The summed E-state index contributed by atoms with van der Waals surface area (Å²) in [5, 5.41) is 0. The zero-order chi connectivity index (χ0) is 13.8. The van der Waals surface area contributed by atoms with Crippen LogP contribution in [0.1, 0.15) is 41.5 Å². The van der Waals surface area contributed by atoms with Crippen molar-refractivity contribution in [3.63, 3.8) is 0 Å². The molecule has 2 heterocycles. The Labute approximate surface area is 110 Å². The van der Waals surface area contributed by atoms with Crippen molar-refractivity contribution in [2.45, 2.75) is 59.7 Å². The van der Waals surface area contributed by atoms with Gasteiger partial charge in [-0.05, 0) is 13.8 Å². The fourth-order valence-corrected chi connectivity index (χ4v) is 4.02. The normalized spacial score (nSPS) is 50.2. The molecule has 0 amide bonds. The maximum atomic E-state index is 12.3. The van der Waals surface area contributed by atoms with Crippen molar-refractivity contribution >= 4 is 11.6 Å². The van der Waals surface area contributed by atoms with E-state index in [0.29, 0.717) is 11.6 Å². The first-order valence-electron chi connectivity index (χ1n) is 7.13.